The largest absolute Gasteiger partial charge is 0.493 e. The number of hydrogen-bond donors (Lipinski definition) is 1. The summed E-state index contributed by atoms with van der Waals surface area (Å²) in [6, 6.07) is 5.44. The van der Waals surface area contributed by atoms with Crippen molar-refractivity contribution in [2.45, 2.75) is 0 Å². The van der Waals surface area contributed by atoms with E-state index in [-0.39, 0.29) is 0 Å². The first-order valence-corrected chi connectivity index (χ1v) is 5.83. The highest BCUT2D eigenvalue weighted by atomic mass is 16.5. The van der Waals surface area contributed by atoms with Gasteiger partial charge in [-0.1, -0.05) is 0 Å². The average molecular weight is 272 g/mol. The molecule has 102 valence electrons. The third-order valence-electron chi connectivity index (χ3n) is 2.84. The lowest BCUT2D eigenvalue weighted by Crippen LogP contribution is -2.01. The molecule has 0 unspecified atom stereocenters. The Morgan fingerprint density at radius 1 is 1.15 bits per heavy atom. The van der Waals surface area contributed by atoms with Crippen LogP contribution in [0.25, 0.3) is 17.1 Å². The van der Waals surface area contributed by atoms with E-state index in [1.54, 1.807) is 31.2 Å². The van der Waals surface area contributed by atoms with Gasteiger partial charge in [0.1, 0.15) is 0 Å². The molecule has 0 amide bonds. The standard InChI is InChI=1S/C12H12N6O2/c1-19-10-6-8(12-14-16-17-15-12)9(7-11(10)20-2)18-5-3-4-13-18/h3-7H,1-2H3,(H,14,15,16,17). The number of hydrogen-bond acceptors (Lipinski definition) is 6. The molecule has 0 aliphatic heterocycles. The SMILES string of the molecule is COc1cc(-c2nn[nH]n2)c(-n2cccn2)cc1OC. The first-order chi connectivity index (χ1) is 9.83. The molecule has 0 bridgehead atoms. The van der Waals surface area contributed by atoms with Crippen LogP contribution >= 0.6 is 0 Å². The molecule has 1 N–H and O–H groups in total. The number of ether oxygens (including phenoxy) is 2. The summed E-state index contributed by atoms with van der Waals surface area (Å²) < 4.78 is 12.3. The molecule has 8 nitrogen and oxygen atoms in total. The molecule has 0 saturated heterocycles. The number of methoxy groups -OCH3 is 2. The van der Waals surface area contributed by atoms with Gasteiger partial charge in [-0.05, 0) is 17.3 Å². The number of aromatic nitrogens is 6. The van der Waals surface area contributed by atoms with E-state index in [2.05, 4.69) is 25.7 Å². The average Bonchev–Trinajstić information content (AvgIpc) is 3.18. The lowest BCUT2D eigenvalue weighted by Gasteiger charge is -2.13. The summed E-state index contributed by atoms with van der Waals surface area (Å²) in [6.07, 6.45) is 3.52. The zero-order valence-corrected chi connectivity index (χ0v) is 10.9. The molecular formula is C12H12N6O2. The Hall–Kier alpha value is -2.90. The van der Waals surface area contributed by atoms with Crippen molar-refractivity contribution in [2.75, 3.05) is 14.2 Å². The summed E-state index contributed by atoms with van der Waals surface area (Å²) >= 11 is 0. The van der Waals surface area contributed by atoms with Crippen molar-refractivity contribution in [1.82, 2.24) is 30.4 Å². The van der Waals surface area contributed by atoms with Crippen LogP contribution < -0.4 is 9.47 Å². The Kier molecular flexibility index (Phi) is 3.04. The molecule has 8 heteroatoms. The smallest absolute Gasteiger partial charge is 0.206 e. The molecule has 0 atom stereocenters. The Labute approximate surface area is 114 Å². The van der Waals surface area contributed by atoms with Crippen molar-refractivity contribution >= 4 is 0 Å². The van der Waals surface area contributed by atoms with Crippen molar-refractivity contribution in [1.29, 1.82) is 0 Å². The van der Waals surface area contributed by atoms with Gasteiger partial charge in [0, 0.05) is 18.5 Å². The molecular weight excluding hydrogens is 260 g/mol. The fraction of sp³-hybridized carbons (Fsp3) is 0.167. The summed E-state index contributed by atoms with van der Waals surface area (Å²) in [5.74, 6) is 1.64. The van der Waals surface area contributed by atoms with Gasteiger partial charge in [0.15, 0.2) is 11.5 Å². The minimum atomic E-state index is 0.455. The van der Waals surface area contributed by atoms with Crippen molar-refractivity contribution in [3.63, 3.8) is 0 Å². The topological polar surface area (TPSA) is 90.7 Å². The predicted molar refractivity (Wildman–Crippen MR) is 69.8 cm³/mol. The second kappa shape index (κ2) is 5.00. The summed E-state index contributed by atoms with van der Waals surface area (Å²) in [7, 11) is 3.16. The van der Waals surface area contributed by atoms with Crippen LogP contribution in [0.2, 0.25) is 0 Å². The van der Waals surface area contributed by atoms with Gasteiger partial charge in [-0.3, -0.25) is 0 Å². The first kappa shape index (κ1) is 12.2. The molecule has 0 radical (unpaired) electrons. The molecule has 0 saturated carbocycles. The van der Waals surface area contributed by atoms with Crippen molar-refractivity contribution < 1.29 is 9.47 Å². The quantitative estimate of drug-likeness (QED) is 0.764. The number of nitrogens with zero attached hydrogens (tertiary/aromatic N) is 5. The maximum atomic E-state index is 5.32. The second-order valence-corrected chi connectivity index (χ2v) is 3.91. The summed E-state index contributed by atoms with van der Waals surface area (Å²) in [5, 5.41) is 18.2. The van der Waals surface area contributed by atoms with Crippen LogP contribution in [0.4, 0.5) is 0 Å². The zero-order chi connectivity index (χ0) is 13.9. The zero-order valence-electron chi connectivity index (χ0n) is 10.9. The highest BCUT2D eigenvalue weighted by Crippen LogP contribution is 2.35. The van der Waals surface area contributed by atoms with E-state index >= 15 is 0 Å². The summed E-state index contributed by atoms with van der Waals surface area (Å²) in [4.78, 5) is 0. The lowest BCUT2D eigenvalue weighted by atomic mass is 10.1. The number of benzene rings is 1. The van der Waals surface area contributed by atoms with Gasteiger partial charge >= 0.3 is 0 Å². The number of rotatable bonds is 4. The third kappa shape index (κ3) is 1.96. The van der Waals surface area contributed by atoms with E-state index in [0.29, 0.717) is 17.3 Å². The monoisotopic (exact) mass is 272 g/mol. The minimum Gasteiger partial charge on any atom is -0.493 e. The second-order valence-electron chi connectivity index (χ2n) is 3.91. The van der Waals surface area contributed by atoms with Gasteiger partial charge < -0.3 is 9.47 Å². The predicted octanol–water partition coefficient (Wildman–Crippen LogP) is 1.07. The van der Waals surface area contributed by atoms with Crippen LogP contribution in [0.5, 0.6) is 11.5 Å². The van der Waals surface area contributed by atoms with Crippen LogP contribution in [0, 0.1) is 0 Å². The van der Waals surface area contributed by atoms with E-state index < -0.39 is 0 Å². The van der Waals surface area contributed by atoms with E-state index in [0.717, 1.165) is 11.3 Å². The Morgan fingerprint density at radius 2 is 1.95 bits per heavy atom. The molecule has 20 heavy (non-hydrogen) atoms. The van der Waals surface area contributed by atoms with E-state index in [1.165, 1.54) is 0 Å². The number of tetrazole rings is 1. The maximum Gasteiger partial charge on any atom is 0.206 e. The normalized spacial score (nSPS) is 10.5. The minimum absolute atomic E-state index is 0.455. The Bertz CT molecular complexity index is 632. The molecule has 2 aromatic heterocycles. The van der Waals surface area contributed by atoms with Gasteiger partial charge in [0.05, 0.1) is 25.5 Å². The maximum absolute atomic E-state index is 5.32. The van der Waals surface area contributed by atoms with Gasteiger partial charge in [-0.15, -0.1) is 10.2 Å². The fourth-order valence-corrected chi connectivity index (χ4v) is 1.92. The molecule has 0 aliphatic carbocycles. The number of aromatic amines is 1. The first-order valence-electron chi connectivity index (χ1n) is 5.83. The molecule has 0 spiro atoms. The van der Waals surface area contributed by atoms with Crippen LogP contribution in [0.1, 0.15) is 0 Å². The van der Waals surface area contributed by atoms with Gasteiger partial charge in [-0.2, -0.15) is 10.3 Å². The van der Waals surface area contributed by atoms with Crippen LogP contribution in [-0.4, -0.2) is 44.6 Å². The highest BCUT2D eigenvalue weighted by Gasteiger charge is 2.17. The van der Waals surface area contributed by atoms with Gasteiger partial charge in [0.25, 0.3) is 0 Å². The van der Waals surface area contributed by atoms with Crippen LogP contribution in [-0.2, 0) is 0 Å². The molecule has 0 fully saturated rings. The van der Waals surface area contributed by atoms with E-state index in [1.807, 2.05) is 18.3 Å². The third-order valence-corrected chi connectivity index (χ3v) is 2.84. The number of nitrogens with one attached hydrogen (secondary N) is 1. The Balaban J connectivity index is 2.25. The highest BCUT2D eigenvalue weighted by molar-refractivity contribution is 5.71. The van der Waals surface area contributed by atoms with Gasteiger partial charge in [0.2, 0.25) is 5.82 Å². The number of H-pyrrole nitrogens is 1. The van der Waals surface area contributed by atoms with Gasteiger partial charge in [-0.25, -0.2) is 4.68 Å². The Morgan fingerprint density at radius 3 is 2.55 bits per heavy atom. The lowest BCUT2D eigenvalue weighted by molar-refractivity contribution is 0.355. The van der Waals surface area contributed by atoms with Crippen molar-refractivity contribution in [3.8, 4) is 28.6 Å². The van der Waals surface area contributed by atoms with E-state index in [9.17, 15) is 0 Å². The fourth-order valence-electron chi connectivity index (χ4n) is 1.92. The van der Waals surface area contributed by atoms with Crippen LogP contribution in [0.15, 0.2) is 30.6 Å². The molecule has 3 rings (SSSR count). The van der Waals surface area contributed by atoms with Crippen LogP contribution in [0.3, 0.4) is 0 Å². The van der Waals surface area contributed by atoms with E-state index in [4.69, 9.17) is 9.47 Å². The molecule has 3 aromatic rings. The summed E-state index contributed by atoms with van der Waals surface area (Å²) in [6.45, 7) is 0. The van der Waals surface area contributed by atoms with Crippen molar-refractivity contribution in [3.05, 3.63) is 30.6 Å². The summed E-state index contributed by atoms with van der Waals surface area (Å²) in [5.41, 5.74) is 1.51. The molecule has 2 heterocycles. The molecule has 1 aromatic carbocycles. The van der Waals surface area contributed by atoms with Crippen molar-refractivity contribution in [2.24, 2.45) is 0 Å². The molecule has 0 aliphatic rings.